The molecule has 1 saturated heterocycles. The second-order valence-electron chi connectivity index (χ2n) is 6.81. The Bertz CT molecular complexity index is 878. The fourth-order valence-corrected chi connectivity index (χ4v) is 3.36. The van der Waals surface area contributed by atoms with Crippen LogP contribution in [0.1, 0.15) is 15.9 Å². The van der Waals surface area contributed by atoms with Gasteiger partial charge in [-0.05, 0) is 18.1 Å². The van der Waals surface area contributed by atoms with Gasteiger partial charge in [0.05, 0.1) is 5.56 Å². The fraction of sp³-hybridized carbons (Fsp3) is 0.350. The average molecular weight is 368 g/mol. The molecule has 0 spiro atoms. The fourth-order valence-electron chi connectivity index (χ4n) is 3.36. The minimum Gasteiger partial charge on any atom is -0.368 e. The normalized spacial score (nSPS) is 17.7. The Morgan fingerprint density at radius 2 is 1.85 bits per heavy atom. The van der Waals surface area contributed by atoms with Crippen LogP contribution in [0.3, 0.4) is 0 Å². The third-order valence-electron chi connectivity index (χ3n) is 4.97. The van der Waals surface area contributed by atoms with Crippen LogP contribution < -0.4 is 11.3 Å². The number of amides is 2. The molecule has 1 atom stereocenters. The number of nitrogens with zero attached hydrogens (tertiary/aromatic N) is 3. The molecule has 0 unspecified atom stereocenters. The largest absolute Gasteiger partial charge is 0.368 e. The second-order valence-corrected chi connectivity index (χ2v) is 6.81. The summed E-state index contributed by atoms with van der Waals surface area (Å²) in [5.41, 5.74) is 7.06. The summed E-state index contributed by atoms with van der Waals surface area (Å²) >= 11 is 0. The molecule has 7 nitrogen and oxygen atoms in total. The Morgan fingerprint density at radius 3 is 2.52 bits per heavy atom. The molecule has 0 radical (unpaired) electrons. The SMILES string of the molecule is Cn1cc(C(=O)N2CCN(CCc3ccccc3)[C@@H](C(N)=O)C2)ccc1=O. The summed E-state index contributed by atoms with van der Waals surface area (Å²) in [6.07, 6.45) is 2.34. The van der Waals surface area contributed by atoms with Gasteiger partial charge in [0.2, 0.25) is 11.5 Å². The maximum atomic E-state index is 12.8. The minimum atomic E-state index is -0.515. The van der Waals surface area contributed by atoms with Crippen molar-refractivity contribution in [3.63, 3.8) is 0 Å². The lowest BCUT2D eigenvalue weighted by Crippen LogP contribution is -2.59. The van der Waals surface area contributed by atoms with Crippen molar-refractivity contribution >= 4 is 11.8 Å². The van der Waals surface area contributed by atoms with E-state index in [0.717, 1.165) is 6.42 Å². The topological polar surface area (TPSA) is 88.6 Å². The van der Waals surface area contributed by atoms with Crippen LogP contribution in [0, 0.1) is 0 Å². The first kappa shape index (κ1) is 18.8. The Balaban J connectivity index is 1.68. The number of hydrogen-bond donors (Lipinski definition) is 1. The predicted octanol–water partition coefficient (Wildman–Crippen LogP) is 0.240. The van der Waals surface area contributed by atoms with Crippen LogP contribution in [0.5, 0.6) is 0 Å². The first-order valence-electron chi connectivity index (χ1n) is 8.99. The molecule has 7 heteroatoms. The van der Waals surface area contributed by atoms with Crippen LogP contribution in [-0.2, 0) is 18.3 Å². The van der Waals surface area contributed by atoms with E-state index in [2.05, 4.69) is 12.1 Å². The number of aryl methyl sites for hydroxylation is 1. The van der Waals surface area contributed by atoms with Crippen molar-refractivity contribution in [1.29, 1.82) is 0 Å². The first-order valence-corrected chi connectivity index (χ1v) is 8.99. The van der Waals surface area contributed by atoms with Gasteiger partial charge in [0.15, 0.2) is 0 Å². The minimum absolute atomic E-state index is 0.174. The van der Waals surface area contributed by atoms with Crippen molar-refractivity contribution < 1.29 is 9.59 Å². The van der Waals surface area contributed by atoms with Crippen LogP contribution in [0.2, 0.25) is 0 Å². The number of carbonyl (C=O) groups is 2. The molecule has 1 aliphatic rings. The lowest BCUT2D eigenvalue weighted by Gasteiger charge is -2.40. The van der Waals surface area contributed by atoms with Gasteiger partial charge in [0, 0.05) is 45.5 Å². The number of rotatable bonds is 5. The molecular weight excluding hydrogens is 344 g/mol. The predicted molar refractivity (Wildman–Crippen MR) is 102 cm³/mol. The Labute approximate surface area is 158 Å². The van der Waals surface area contributed by atoms with Crippen molar-refractivity contribution in [2.75, 3.05) is 26.2 Å². The zero-order chi connectivity index (χ0) is 19.4. The van der Waals surface area contributed by atoms with Crippen LogP contribution >= 0.6 is 0 Å². The van der Waals surface area contributed by atoms with Gasteiger partial charge in [-0.3, -0.25) is 19.3 Å². The number of aromatic nitrogens is 1. The third kappa shape index (κ3) is 4.43. The van der Waals surface area contributed by atoms with E-state index in [0.29, 0.717) is 25.2 Å². The summed E-state index contributed by atoms with van der Waals surface area (Å²) in [6.45, 7) is 2.06. The molecule has 0 bridgehead atoms. The molecule has 1 aliphatic heterocycles. The maximum absolute atomic E-state index is 12.8. The number of carbonyl (C=O) groups excluding carboxylic acids is 2. The van der Waals surface area contributed by atoms with Crippen molar-refractivity contribution in [2.24, 2.45) is 12.8 Å². The van der Waals surface area contributed by atoms with Crippen molar-refractivity contribution in [3.8, 4) is 0 Å². The van der Waals surface area contributed by atoms with Crippen LogP contribution in [-0.4, -0.2) is 58.4 Å². The van der Waals surface area contributed by atoms with Crippen molar-refractivity contribution in [3.05, 3.63) is 70.1 Å². The molecule has 2 amide bonds. The molecule has 2 heterocycles. The molecule has 0 saturated carbocycles. The first-order chi connectivity index (χ1) is 13.0. The molecule has 1 fully saturated rings. The van der Waals surface area contributed by atoms with Crippen LogP contribution in [0.25, 0.3) is 0 Å². The lowest BCUT2D eigenvalue weighted by atomic mass is 10.1. The second kappa shape index (κ2) is 8.18. The van der Waals surface area contributed by atoms with Crippen LogP contribution in [0.15, 0.2) is 53.5 Å². The summed E-state index contributed by atoms with van der Waals surface area (Å²) in [5.74, 6) is -0.624. The summed E-state index contributed by atoms with van der Waals surface area (Å²) in [7, 11) is 1.60. The van der Waals surface area contributed by atoms with Gasteiger partial charge in [-0.2, -0.15) is 0 Å². The van der Waals surface area contributed by atoms with E-state index in [1.54, 1.807) is 11.9 Å². The standard InChI is InChI=1S/C20H24N4O3/c1-22-13-16(7-8-18(22)25)20(27)24-12-11-23(17(14-24)19(21)26)10-9-15-5-3-2-4-6-15/h2-8,13,17H,9-12,14H2,1H3,(H2,21,26)/t17-/m1/s1. The number of primary amides is 1. The van der Waals surface area contributed by atoms with Gasteiger partial charge in [-0.25, -0.2) is 0 Å². The number of piperazine rings is 1. The quantitative estimate of drug-likeness (QED) is 0.819. The number of nitrogens with two attached hydrogens (primary N) is 1. The van der Waals surface area contributed by atoms with E-state index in [1.807, 2.05) is 23.1 Å². The highest BCUT2D eigenvalue weighted by Crippen LogP contribution is 2.14. The number of pyridine rings is 1. The van der Waals surface area contributed by atoms with E-state index < -0.39 is 11.9 Å². The van der Waals surface area contributed by atoms with E-state index in [4.69, 9.17) is 5.73 Å². The van der Waals surface area contributed by atoms with Crippen LogP contribution in [0.4, 0.5) is 0 Å². The molecular formula is C20H24N4O3. The molecule has 27 heavy (non-hydrogen) atoms. The molecule has 3 rings (SSSR count). The molecule has 2 N–H and O–H groups in total. The maximum Gasteiger partial charge on any atom is 0.255 e. The van der Waals surface area contributed by atoms with Gasteiger partial charge in [0.1, 0.15) is 6.04 Å². The Hall–Kier alpha value is -2.93. The summed E-state index contributed by atoms with van der Waals surface area (Å²) in [4.78, 5) is 39.9. The van der Waals surface area contributed by atoms with Crippen molar-refractivity contribution in [1.82, 2.24) is 14.4 Å². The van der Waals surface area contributed by atoms with Gasteiger partial charge < -0.3 is 15.2 Å². The van der Waals surface area contributed by atoms with E-state index in [9.17, 15) is 14.4 Å². The van der Waals surface area contributed by atoms with E-state index in [-0.39, 0.29) is 18.0 Å². The highest BCUT2D eigenvalue weighted by atomic mass is 16.2. The highest BCUT2D eigenvalue weighted by molar-refractivity contribution is 5.94. The van der Waals surface area contributed by atoms with E-state index >= 15 is 0 Å². The van der Waals surface area contributed by atoms with E-state index in [1.165, 1.54) is 28.5 Å². The van der Waals surface area contributed by atoms with Gasteiger partial charge in [-0.15, -0.1) is 0 Å². The summed E-state index contributed by atoms with van der Waals surface area (Å²) in [5, 5.41) is 0. The Kier molecular flexibility index (Phi) is 5.71. The molecule has 0 aliphatic carbocycles. The zero-order valence-corrected chi connectivity index (χ0v) is 15.4. The Morgan fingerprint density at radius 1 is 1.11 bits per heavy atom. The summed E-state index contributed by atoms with van der Waals surface area (Å²) in [6, 6.07) is 12.4. The average Bonchev–Trinajstić information content (AvgIpc) is 2.68. The molecule has 1 aromatic carbocycles. The third-order valence-corrected chi connectivity index (χ3v) is 4.97. The molecule has 2 aromatic rings. The lowest BCUT2D eigenvalue weighted by molar-refractivity contribution is -0.125. The number of benzene rings is 1. The summed E-state index contributed by atoms with van der Waals surface area (Å²) < 4.78 is 1.37. The highest BCUT2D eigenvalue weighted by Gasteiger charge is 2.33. The van der Waals surface area contributed by atoms with Crippen molar-refractivity contribution in [2.45, 2.75) is 12.5 Å². The zero-order valence-electron chi connectivity index (χ0n) is 15.4. The molecule has 142 valence electrons. The van der Waals surface area contributed by atoms with Gasteiger partial charge in [0.25, 0.3) is 5.91 Å². The van der Waals surface area contributed by atoms with Gasteiger partial charge in [-0.1, -0.05) is 30.3 Å². The number of hydrogen-bond acceptors (Lipinski definition) is 4. The monoisotopic (exact) mass is 368 g/mol. The van der Waals surface area contributed by atoms with Gasteiger partial charge >= 0.3 is 0 Å². The smallest absolute Gasteiger partial charge is 0.255 e. The molecule has 1 aromatic heterocycles.